The standard InChI is InChI=1S/C42H43N13O10S2.C36H37N11O8S2/c1-15(2)28-38(62)44-12-27-53-30(22(9)64-27)39(63)49-20(7)41-51-25(13-66-41)36(60)48-19(6)40-55-29(21(8)65-40)31-23(42-52-26(14-67-42)37(61)54-28)10-11-24(50-31)35(59)47-18(5)34(58)46-17(4)33(57)45-16(3)32(43)56;1-13(2)24-32(52)38-10-23-45-26(18(7)54-23)33(53)41-16(5)35-43-21(11-56-35)30(50)40-15(4)34-47-25(17(6)55-34)27-19(36-44-22(12-57-36)31(51)46-24)8-9-20(42-27)29(49)39-14(3)28(37)48/h10-11,13-15,19-20,28H,3-5,12H2,1-2,6-9H3,(H2,43,56)(H,44,62)(H,45,57)(H,46,58)(H,47,59)(H,48,60)(H,49,63)(H,54,61);8-9,11-13,15-16,24H,3,10H2,1-2,4-7H3,(H2,37,48)(H,38,52)(H,39,49)(H,40,50)(H,41,53)(H,46,51). The smallest absolute Gasteiger partial charge is 0.274 e. The summed E-state index contributed by atoms with van der Waals surface area (Å²) in [6, 6.07) is 0.777. The van der Waals surface area contributed by atoms with Gasteiger partial charge in [-0.05, 0) is 91.5 Å². The molecule has 10 aromatic rings. The molecule has 42 nitrogen and oxygen atoms in total. The quantitative estimate of drug-likeness (QED) is 0.0691. The van der Waals surface area contributed by atoms with Gasteiger partial charge in [-0.2, -0.15) is 0 Å². The van der Waals surface area contributed by atoms with Crippen LogP contribution in [0.25, 0.3) is 43.9 Å². The Morgan fingerprint density at radius 1 is 0.395 bits per heavy atom. The highest BCUT2D eigenvalue weighted by Crippen LogP contribution is 2.38. The van der Waals surface area contributed by atoms with Crippen molar-refractivity contribution >= 4 is 128 Å². The Labute approximate surface area is 719 Å². The largest absolute Gasteiger partial charge is 0.443 e. The Balaban J connectivity index is 0.000000244. The molecule has 6 atom stereocenters. The molecule has 644 valence electrons. The van der Waals surface area contributed by atoms with Crippen LogP contribution in [0.5, 0.6) is 0 Å². The zero-order valence-corrected chi connectivity index (χ0v) is 71.4. The van der Waals surface area contributed by atoms with E-state index in [0.29, 0.717) is 20.6 Å². The summed E-state index contributed by atoms with van der Waals surface area (Å²) in [6.07, 6.45) is 0. The maximum absolute atomic E-state index is 13.7. The van der Waals surface area contributed by atoms with Gasteiger partial charge in [0.2, 0.25) is 35.4 Å². The molecule has 0 fully saturated rings. The normalized spacial score (nSPS) is 17.2. The molecule has 0 aliphatic carbocycles. The number of nitrogens with zero attached hydrogens (tertiary/aromatic N) is 10. The van der Waals surface area contributed by atoms with Gasteiger partial charge in [0.05, 0.1) is 48.0 Å². The molecule has 0 spiro atoms. The summed E-state index contributed by atoms with van der Waals surface area (Å²) in [5.41, 5.74) is 9.28. The highest BCUT2D eigenvalue weighted by Gasteiger charge is 2.35. The summed E-state index contributed by atoms with van der Waals surface area (Å²) in [5, 5.41) is 38.3. The van der Waals surface area contributed by atoms with Crippen LogP contribution in [-0.4, -0.2) is 145 Å². The lowest BCUT2D eigenvalue weighted by molar-refractivity contribution is -0.125. The fourth-order valence-electron chi connectivity index (χ4n) is 11.6. The Bertz CT molecular complexity index is 6070. The lowest BCUT2D eigenvalue weighted by atomic mass is 10.0. The van der Waals surface area contributed by atoms with Gasteiger partial charge in [-0.1, -0.05) is 54.0 Å². The third-order valence-electron chi connectivity index (χ3n) is 18.3. The number of fused-ring (bicyclic) bond motifs is 22. The molecule has 124 heavy (non-hydrogen) atoms. The first kappa shape index (κ1) is 90.0. The summed E-state index contributed by atoms with van der Waals surface area (Å²) >= 11 is 4.45. The van der Waals surface area contributed by atoms with Gasteiger partial charge in [-0.15, -0.1) is 45.3 Å². The second-order valence-corrected chi connectivity index (χ2v) is 31.9. The number of nitrogens with one attached hydrogen (secondary N) is 12. The highest BCUT2D eigenvalue weighted by atomic mass is 32.1. The molecule has 2 aliphatic heterocycles. The number of oxazole rings is 4. The van der Waals surface area contributed by atoms with Gasteiger partial charge in [-0.25, -0.2) is 49.8 Å². The molecule has 6 unspecified atom stereocenters. The van der Waals surface area contributed by atoms with Gasteiger partial charge in [0.1, 0.15) is 124 Å². The SMILES string of the molecule is C=C(NC(=O)C(=C)NC(=O)C(=C)NC(=O)c1ccc2c(n1)-c1nc(oc1C)C(C)NC(=O)c1csc(n1)C(C)NC(=O)c1nc(oc1C)CNC(=O)C(C(C)C)NC(=O)c1csc-2n1)C(N)=O.C=C(NC(=O)c1ccc2c(n1)-c1nc(oc1C)C(C)NC(=O)c1csc(n1)C(C)NC(=O)c1nc(oc1C)CNC(=O)C(C(C)C)NC(=O)c1csc-2n1)C(N)=O. The minimum atomic E-state index is -1.04. The van der Waals surface area contributed by atoms with Crippen molar-refractivity contribution in [2.45, 2.75) is 132 Å². The fraction of sp³-hybridized carbons (Fsp3) is 0.282. The Morgan fingerprint density at radius 3 is 1.11 bits per heavy atom. The average molecular weight is 1770 g/mol. The second kappa shape index (κ2) is 37.9. The Morgan fingerprint density at radius 2 is 0.726 bits per heavy atom. The highest BCUT2D eigenvalue weighted by molar-refractivity contribution is 7.13. The van der Waals surface area contributed by atoms with E-state index >= 15 is 0 Å². The molecule has 10 aromatic heterocycles. The number of carbonyl (C=O) groups is 14. The third-order valence-corrected chi connectivity index (χ3v) is 22.1. The van der Waals surface area contributed by atoms with Crippen LogP contribution in [0.3, 0.4) is 0 Å². The van der Waals surface area contributed by atoms with Crippen molar-refractivity contribution in [3.63, 3.8) is 0 Å². The molecule has 14 amide bonds. The minimum absolute atomic E-state index is 0.00674. The molecule has 46 heteroatoms. The van der Waals surface area contributed by atoms with Crippen molar-refractivity contribution < 1.29 is 84.8 Å². The number of hydrogen-bond donors (Lipinski definition) is 14. The number of rotatable bonds is 12. The monoisotopic (exact) mass is 1770 g/mol. The molecule has 12 rings (SSSR count). The van der Waals surface area contributed by atoms with Crippen molar-refractivity contribution in [2.24, 2.45) is 23.3 Å². The van der Waals surface area contributed by atoms with E-state index in [0.717, 1.165) is 34.0 Å². The number of aryl methyl sites for hydroxylation is 4. The van der Waals surface area contributed by atoms with Crippen LogP contribution in [0.1, 0.15) is 220 Å². The Hall–Kier alpha value is -14.8. The van der Waals surface area contributed by atoms with E-state index in [4.69, 9.17) is 29.1 Å². The summed E-state index contributed by atoms with van der Waals surface area (Å²) in [7, 11) is 0. The van der Waals surface area contributed by atoms with E-state index in [1.54, 1.807) is 94.5 Å². The van der Waals surface area contributed by atoms with Gasteiger partial charge in [0.15, 0.2) is 11.4 Å². The molecular weight excluding hydrogens is 1690 g/mol. The maximum Gasteiger partial charge on any atom is 0.274 e. The van der Waals surface area contributed by atoms with E-state index < -0.39 is 142 Å². The molecule has 12 heterocycles. The van der Waals surface area contributed by atoms with E-state index in [2.05, 4.69) is 140 Å². The van der Waals surface area contributed by atoms with Gasteiger partial charge in [0, 0.05) is 32.6 Å². The van der Waals surface area contributed by atoms with Crippen LogP contribution in [-0.2, 0) is 41.9 Å². The molecule has 16 N–H and O–H groups in total. The predicted octanol–water partition coefficient (Wildman–Crippen LogP) is 5.29. The molecule has 0 radical (unpaired) electrons. The van der Waals surface area contributed by atoms with Crippen LogP contribution in [0.4, 0.5) is 0 Å². The first-order valence-corrected chi connectivity index (χ1v) is 40.9. The van der Waals surface area contributed by atoms with Crippen molar-refractivity contribution in [3.05, 3.63) is 197 Å². The maximum atomic E-state index is 13.7. The van der Waals surface area contributed by atoms with Crippen LogP contribution in [0.2, 0.25) is 0 Å². The molecule has 16 bridgehead atoms. The lowest BCUT2D eigenvalue weighted by Gasteiger charge is -2.20. The van der Waals surface area contributed by atoms with E-state index in [1.165, 1.54) is 45.7 Å². The summed E-state index contributed by atoms with van der Waals surface area (Å²) in [4.78, 5) is 227. The van der Waals surface area contributed by atoms with Crippen molar-refractivity contribution in [1.29, 1.82) is 0 Å². The van der Waals surface area contributed by atoms with Crippen molar-refractivity contribution in [1.82, 2.24) is 114 Å². The number of carbonyl (C=O) groups excluding carboxylic acids is 14. The summed E-state index contributed by atoms with van der Waals surface area (Å²) < 4.78 is 23.3. The minimum Gasteiger partial charge on any atom is -0.443 e. The first-order valence-electron chi connectivity index (χ1n) is 37.4. The average Bonchev–Trinajstić information content (AvgIpc) is 1.60. The number of pyridine rings is 2. The fourth-order valence-corrected chi connectivity index (χ4v) is 14.9. The van der Waals surface area contributed by atoms with Crippen LogP contribution in [0.15, 0.2) is 113 Å². The number of thiazole rings is 4. The van der Waals surface area contributed by atoms with Crippen LogP contribution >= 0.6 is 45.3 Å². The molecular formula is C78H80N24O18S4. The van der Waals surface area contributed by atoms with Crippen LogP contribution in [0, 0.1) is 39.5 Å². The number of amides is 14. The van der Waals surface area contributed by atoms with E-state index in [9.17, 15) is 67.1 Å². The number of hydrogen-bond acceptors (Lipinski definition) is 32. The number of nitrogens with two attached hydrogens (primary N) is 2. The number of primary amides is 2. The molecule has 0 saturated heterocycles. The topological polar surface area (TPSA) is 617 Å². The van der Waals surface area contributed by atoms with E-state index in [-0.39, 0.29) is 150 Å². The zero-order chi connectivity index (χ0) is 90.3. The summed E-state index contributed by atoms with van der Waals surface area (Å²) in [6.45, 7) is 33.3. The van der Waals surface area contributed by atoms with Crippen molar-refractivity contribution in [2.75, 3.05) is 0 Å². The van der Waals surface area contributed by atoms with Gasteiger partial charge in [0.25, 0.3) is 70.9 Å². The third kappa shape index (κ3) is 20.8. The first-order chi connectivity index (χ1) is 58.6. The van der Waals surface area contributed by atoms with Gasteiger partial charge < -0.3 is 92.9 Å². The Kier molecular flexibility index (Phi) is 27.5. The van der Waals surface area contributed by atoms with Gasteiger partial charge >= 0.3 is 0 Å². The molecule has 2 aliphatic rings. The van der Waals surface area contributed by atoms with Crippen LogP contribution < -0.4 is 75.3 Å². The second-order valence-electron chi connectivity index (χ2n) is 28.4. The van der Waals surface area contributed by atoms with Crippen molar-refractivity contribution in [3.8, 4) is 43.9 Å². The predicted molar refractivity (Wildman–Crippen MR) is 443 cm³/mol. The van der Waals surface area contributed by atoms with E-state index in [1.807, 2.05) is 0 Å². The van der Waals surface area contributed by atoms with Gasteiger partial charge in [-0.3, -0.25) is 67.1 Å². The lowest BCUT2D eigenvalue weighted by Crippen LogP contribution is -2.49. The zero-order valence-electron chi connectivity index (χ0n) is 68.1. The molecule has 0 aromatic carbocycles. The molecule has 0 saturated carbocycles. The number of aromatic nitrogens is 10. The summed E-state index contributed by atoms with van der Waals surface area (Å²) in [5.74, 6) is -9.99.